The molecule has 3 aromatic rings. The van der Waals surface area contributed by atoms with E-state index in [2.05, 4.69) is 33.4 Å². The standard InChI is InChI=1S/C30H35BrN2O5S/c1-2-37-28(29(34)35)21-23-9-15-27(16-10-23)38-19-18-33(30(36)32-26-13-11-25(31)12-14-26)17-6-20-39-22-24-7-4-3-5-8-24/h3-5,7-16,28H,2,6,17-22H2,1H3,(H,32,36)(H,34,35). The molecule has 0 bridgehead atoms. The summed E-state index contributed by atoms with van der Waals surface area (Å²) in [5.74, 6) is 1.58. The van der Waals surface area contributed by atoms with Crippen LogP contribution in [0.5, 0.6) is 5.75 Å². The number of hydrogen-bond donors (Lipinski definition) is 2. The Hall–Kier alpha value is -3.01. The quantitative estimate of drug-likeness (QED) is 0.174. The number of carbonyl (C=O) groups excluding carboxylic acids is 1. The van der Waals surface area contributed by atoms with Gasteiger partial charge in [-0.05, 0) is 66.6 Å². The van der Waals surface area contributed by atoms with E-state index in [1.54, 1.807) is 11.8 Å². The summed E-state index contributed by atoms with van der Waals surface area (Å²) in [4.78, 5) is 26.2. The van der Waals surface area contributed by atoms with Crippen LogP contribution in [0.25, 0.3) is 0 Å². The van der Waals surface area contributed by atoms with E-state index < -0.39 is 12.1 Å². The van der Waals surface area contributed by atoms with E-state index in [0.29, 0.717) is 32.1 Å². The number of nitrogens with one attached hydrogen (secondary N) is 1. The van der Waals surface area contributed by atoms with Gasteiger partial charge in [0.2, 0.25) is 0 Å². The number of carboxylic acids is 1. The minimum atomic E-state index is -0.975. The zero-order chi connectivity index (χ0) is 27.9. The summed E-state index contributed by atoms with van der Waals surface area (Å²) >= 11 is 5.27. The van der Waals surface area contributed by atoms with Crippen LogP contribution < -0.4 is 10.1 Å². The van der Waals surface area contributed by atoms with Gasteiger partial charge in [0.25, 0.3) is 0 Å². The molecule has 0 aliphatic rings. The monoisotopic (exact) mass is 614 g/mol. The lowest BCUT2D eigenvalue weighted by Gasteiger charge is -2.23. The van der Waals surface area contributed by atoms with Crippen molar-refractivity contribution in [1.82, 2.24) is 4.90 Å². The second kappa shape index (κ2) is 16.8. The van der Waals surface area contributed by atoms with Gasteiger partial charge in [0.1, 0.15) is 12.4 Å². The number of thioether (sulfide) groups is 1. The van der Waals surface area contributed by atoms with Gasteiger partial charge in [0.05, 0.1) is 6.54 Å². The SMILES string of the molecule is CCOC(Cc1ccc(OCCN(CCCSCc2ccccc2)C(=O)Nc2ccc(Br)cc2)cc1)C(=O)O. The lowest BCUT2D eigenvalue weighted by molar-refractivity contribution is -0.149. The number of ether oxygens (including phenoxy) is 2. The number of rotatable bonds is 16. The normalized spacial score (nSPS) is 11.5. The van der Waals surface area contributed by atoms with Gasteiger partial charge in [-0.2, -0.15) is 11.8 Å². The predicted molar refractivity (Wildman–Crippen MR) is 161 cm³/mol. The van der Waals surface area contributed by atoms with Crippen LogP contribution in [0.3, 0.4) is 0 Å². The van der Waals surface area contributed by atoms with Crippen molar-refractivity contribution >= 4 is 45.4 Å². The largest absolute Gasteiger partial charge is 0.492 e. The number of benzene rings is 3. The number of carboxylic acid groups (broad SMARTS) is 1. The Balaban J connectivity index is 1.50. The molecule has 1 unspecified atom stereocenters. The third kappa shape index (κ3) is 11.3. The number of urea groups is 1. The van der Waals surface area contributed by atoms with Crippen molar-refractivity contribution in [2.75, 3.05) is 37.4 Å². The summed E-state index contributed by atoms with van der Waals surface area (Å²) in [6, 6.07) is 25.0. The highest BCUT2D eigenvalue weighted by Crippen LogP contribution is 2.17. The Morgan fingerprint density at radius 1 is 0.974 bits per heavy atom. The van der Waals surface area contributed by atoms with Crippen LogP contribution >= 0.6 is 27.7 Å². The van der Waals surface area contributed by atoms with E-state index >= 15 is 0 Å². The summed E-state index contributed by atoms with van der Waals surface area (Å²) in [5.41, 5.74) is 2.88. The topological polar surface area (TPSA) is 88.1 Å². The van der Waals surface area contributed by atoms with Crippen molar-refractivity contribution in [1.29, 1.82) is 0 Å². The molecule has 0 saturated heterocycles. The van der Waals surface area contributed by atoms with Crippen LogP contribution in [0.2, 0.25) is 0 Å². The number of aliphatic carboxylic acids is 1. The molecule has 0 aliphatic heterocycles. The van der Waals surface area contributed by atoms with Crippen molar-refractivity contribution in [3.05, 3.63) is 94.5 Å². The van der Waals surface area contributed by atoms with Crippen LogP contribution in [0.1, 0.15) is 24.5 Å². The molecule has 0 fully saturated rings. The van der Waals surface area contributed by atoms with E-state index in [1.807, 2.05) is 78.5 Å². The average Bonchev–Trinajstić information content (AvgIpc) is 2.94. The fraction of sp³-hybridized carbons (Fsp3) is 0.333. The summed E-state index contributed by atoms with van der Waals surface area (Å²) in [7, 11) is 0. The summed E-state index contributed by atoms with van der Waals surface area (Å²) in [6.07, 6.45) is 0.283. The second-order valence-corrected chi connectivity index (χ2v) is 10.8. The van der Waals surface area contributed by atoms with Crippen molar-refractivity contribution in [3.8, 4) is 5.75 Å². The Labute approximate surface area is 243 Å². The molecule has 3 rings (SSSR count). The van der Waals surface area contributed by atoms with E-state index in [9.17, 15) is 14.7 Å². The number of hydrogen-bond acceptors (Lipinski definition) is 5. The summed E-state index contributed by atoms with van der Waals surface area (Å²) in [6.45, 7) is 3.50. The fourth-order valence-electron chi connectivity index (χ4n) is 3.80. The molecule has 0 spiro atoms. The van der Waals surface area contributed by atoms with Crippen LogP contribution in [-0.2, 0) is 21.7 Å². The molecule has 1 atom stereocenters. The Bertz CT molecular complexity index is 1150. The average molecular weight is 616 g/mol. The molecular weight excluding hydrogens is 580 g/mol. The molecule has 0 heterocycles. The number of nitrogens with zero attached hydrogens (tertiary/aromatic N) is 1. The molecule has 3 aromatic carbocycles. The van der Waals surface area contributed by atoms with Gasteiger partial charge in [-0.25, -0.2) is 9.59 Å². The maximum absolute atomic E-state index is 13.1. The Morgan fingerprint density at radius 2 is 1.69 bits per heavy atom. The third-order valence-electron chi connectivity index (χ3n) is 5.83. The first-order valence-corrected chi connectivity index (χ1v) is 14.9. The molecule has 9 heteroatoms. The van der Waals surface area contributed by atoms with Gasteiger partial charge in [-0.1, -0.05) is 58.4 Å². The van der Waals surface area contributed by atoms with Crippen molar-refractivity contribution in [3.63, 3.8) is 0 Å². The molecule has 2 N–H and O–H groups in total. The molecule has 39 heavy (non-hydrogen) atoms. The highest BCUT2D eigenvalue weighted by atomic mass is 79.9. The van der Waals surface area contributed by atoms with Crippen LogP contribution in [0.15, 0.2) is 83.3 Å². The first-order valence-electron chi connectivity index (χ1n) is 12.9. The first-order chi connectivity index (χ1) is 18.9. The smallest absolute Gasteiger partial charge is 0.333 e. The van der Waals surface area contributed by atoms with Gasteiger partial charge in [-0.15, -0.1) is 0 Å². The lowest BCUT2D eigenvalue weighted by atomic mass is 10.1. The van der Waals surface area contributed by atoms with Gasteiger partial charge in [0, 0.05) is 35.5 Å². The van der Waals surface area contributed by atoms with E-state index in [-0.39, 0.29) is 12.5 Å². The molecule has 0 aromatic heterocycles. The molecule has 2 amide bonds. The highest BCUT2D eigenvalue weighted by molar-refractivity contribution is 9.10. The van der Waals surface area contributed by atoms with Crippen molar-refractivity contribution in [2.45, 2.75) is 31.6 Å². The van der Waals surface area contributed by atoms with Crippen LogP contribution in [0.4, 0.5) is 10.5 Å². The van der Waals surface area contributed by atoms with Crippen LogP contribution in [-0.4, -0.2) is 60.2 Å². The Morgan fingerprint density at radius 3 is 2.36 bits per heavy atom. The number of halogens is 1. The molecule has 0 radical (unpaired) electrons. The van der Waals surface area contributed by atoms with E-state index in [0.717, 1.165) is 33.7 Å². The van der Waals surface area contributed by atoms with Crippen molar-refractivity contribution < 1.29 is 24.2 Å². The maximum Gasteiger partial charge on any atom is 0.333 e. The highest BCUT2D eigenvalue weighted by Gasteiger charge is 2.18. The molecule has 0 saturated carbocycles. The Kier molecular flexibility index (Phi) is 13.2. The van der Waals surface area contributed by atoms with Crippen LogP contribution in [0, 0.1) is 0 Å². The number of amides is 2. The van der Waals surface area contributed by atoms with Gasteiger partial charge in [0.15, 0.2) is 6.10 Å². The van der Waals surface area contributed by atoms with Crippen molar-refractivity contribution in [2.24, 2.45) is 0 Å². The lowest BCUT2D eigenvalue weighted by Crippen LogP contribution is -2.38. The van der Waals surface area contributed by atoms with Gasteiger partial charge in [-0.3, -0.25) is 0 Å². The predicted octanol–water partition coefficient (Wildman–Crippen LogP) is 6.72. The van der Waals surface area contributed by atoms with E-state index in [4.69, 9.17) is 9.47 Å². The number of carbonyl (C=O) groups is 2. The molecular formula is C30H35BrN2O5S. The minimum Gasteiger partial charge on any atom is -0.492 e. The fourth-order valence-corrected chi connectivity index (χ4v) is 4.97. The minimum absolute atomic E-state index is 0.167. The molecule has 208 valence electrons. The molecule has 0 aliphatic carbocycles. The van der Waals surface area contributed by atoms with E-state index in [1.165, 1.54) is 5.56 Å². The zero-order valence-electron chi connectivity index (χ0n) is 22.1. The third-order valence-corrected chi connectivity index (χ3v) is 7.47. The van der Waals surface area contributed by atoms with Gasteiger partial charge >= 0.3 is 12.0 Å². The number of anilines is 1. The van der Waals surface area contributed by atoms with Gasteiger partial charge < -0.3 is 24.8 Å². The first kappa shape index (κ1) is 30.5. The zero-order valence-corrected chi connectivity index (χ0v) is 24.5. The summed E-state index contributed by atoms with van der Waals surface area (Å²) < 4.78 is 12.2. The summed E-state index contributed by atoms with van der Waals surface area (Å²) in [5, 5.41) is 12.3. The molecule has 7 nitrogen and oxygen atoms in total. The maximum atomic E-state index is 13.1. The second-order valence-electron chi connectivity index (χ2n) is 8.79.